The van der Waals surface area contributed by atoms with E-state index in [9.17, 15) is 13.6 Å². The minimum absolute atomic E-state index is 0.0934. The predicted octanol–water partition coefficient (Wildman–Crippen LogP) is 3.27. The van der Waals surface area contributed by atoms with E-state index in [1.54, 1.807) is 6.07 Å². The van der Waals surface area contributed by atoms with E-state index in [1.165, 1.54) is 19.1 Å². The van der Waals surface area contributed by atoms with Crippen LogP contribution in [0.5, 0.6) is 0 Å². The fraction of sp³-hybridized carbons (Fsp3) is 0.500. The Bertz CT molecular complexity index is 447. The third-order valence-corrected chi connectivity index (χ3v) is 2.81. The molecule has 5 heteroatoms. The Kier molecular flexibility index (Phi) is 5.27. The van der Waals surface area contributed by atoms with Crippen molar-refractivity contribution in [1.82, 2.24) is 0 Å². The van der Waals surface area contributed by atoms with Crippen LogP contribution >= 0.6 is 0 Å². The molecule has 0 unspecified atom stereocenters. The molecule has 1 aromatic carbocycles. The molecule has 1 rings (SSSR count). The Hall–Kier alpha value is -1.65. The zero-order valence-electron chi connectivity index (χ0n) is 11.2. The van der Waals surface area contributed by atoms with Gasteiger partial charge in [-0.05, 0) is 37.5 Å². The van der Waals surface area contributed by atoms with Crippen LogP contribution in [0.4, 0.5) is 14.5 Å². The summed E-state index contributed by atoms with van der Waals surface area (Å²) in [4.78, 5) is 11.3. The summed E-state index contributed by atoms with van der Waals surface area (Å²) in [7, 11) is 0. The van der Waals surface area contributed by atoms with Gasteiger partial charge in [-0.3, -0.25) is 0 Å². The second-order valence-electron chi connectivity index (χ2n) is 4.32. The topological polar surface area (TPSA) is 52.3 Å². The molecule has 0 aliphatic carbocycles. The lowest BCUT2D eigenvalue weighted by atomic mass is 10.00. The maximum absolute atomic E-state index is 13.9. The Balaban J connectivity index is 3.06. The van der Waals surface area contributed by atoms with Crippen LogP contribution in [0.1, 0.15) is 37.8 Å². The fourth-order valence-corrected chi connectivity index (χ4v) is 1.74. The number of ether oxygens (including phenoxy) is 1. The summed E-state index contributed by atoms with van der Waals surface area (Å²) in [5.41, 5.74) is 5.72. The molecule has 0 aliphatic heterocycles. The number of alkyl halides is 2. The Morgan fingerprint density at radius 2 is 2.05 bits per heavy atom. The summed E-state index contributed by atoms with van der Waals surface area (Å²) in [6, 6.07) is 4.41. The molecule has 0 fully saturated rings. The van der Waals surface area contributed by atoms with Crippen molar-refractivity contribution in [3.63, 3.8) is 0 Å². The van der Waals surface area contributed by atoms with Crippen molar-refractivity contribution in [2.45, 2.75) is 39.0 Å². The second kappa shape index (κ2) is 6.50. The van der Waals surface area contributed by atoms with Crippen molar-refractivity contribution in [3.05, 3.63) is 29.3 Å². The van der Waals surface area contributed by atoms with E-state index in [0.717, 1.165) is 18.4 Å². The van der Waals surface area contributed by atoms with Gasteiger partial charge in [0.15, 0.2) is 0 Å². The molecule has 1 aromatic rings. The number of hydrogen-bond donors (Lipinski definition) is 1. The Morgan fingerprint density at radius 1 is 1.37 bits per heavy atom. The van der Waals surface area contributed by atoms with Gasteiger partial charge in [-0.15, -0.1) is 0 Å². The van der Waals surface area contributed by atoms with Gasteiger partial charge in [0.25, 0.3) is 0 Å². The first-order valence-corrected chi connectivity index (χ1v) is 6.37. The van der Waals surface area contributed by atoms with E-state index in [4.69, 9.17) is 5.73 Å². The van der Waals surface area contributed by atoms with Crippen LogP contribution in [0.3, 0.4) is 0 Å². The number of anilines is 1. The number of nitrogens with two attached hydrogens (primary N) is 1. The van der Waals surface area contributed by atoms with Crippen molar-refractivity contribution < 1.29 is 18.3 Å². The number of aryl methyl sites for hydroxylation is 1. The molecule has 0 aromatic heterocycles. The average molecular weight is 271 g/mol. The van der Waals surface area contributed by atoms with Gasteiger partial charge in [0, 0.05) is 5.69 Å². The average Bonchev–Trinajstić information content (AvgIpc) is 2.37. The normalized spacial score (nSPS) is 11.4. The first-order chi connectivity index (χ1) is 8.93. The summed E-state index contributed by atoms with van der Waals surface area (Å²) in [5.74, 6) is -5.27. The monoisotopic (exact) mass is 271 g/mol. The largest absolute Gasteiger partial charge is 0.461 e. The van der Waals surface area contributed by atoms with Crippen LogP contribution in [0.2, 0.25) is 0 Å². The lowest BCUT2D eigenvalue weighted by Crippen LogP contribution is -2.29. The SMILES string of the molecule is CCCCc1ccc(N)c(C(F)(F)C(=O)OCC)c1. The lowest BCUT2D eigenvalue weighted by Gasteiger charge is -2.17. The van der Waals surface area contributed by atoms with E-state index in [1.807, 2.05) is 6.92 Å². The lowest BCUT2D eigenvalue weighted by molar-refractivity contribution is -0.173. The van der Waals surface area contributed by atoms with Crippen molar-refractivity contribution >= 4 is 11.7 Å². The molecule has 3 nitrogen and oxygen atoms in total. The number of esters is 1. The minimum atomic E-state index is -3.71. The molecule has 0 heterocycles. The molecule has 0 aliphatic rings. The van der Waals surface area contributed by atoms with Gasteiger partial charge < -0.3 is 10.5 Å². The van der Waals surface area contributed by atoms with Gasteiger partial charge >= 0.3 is 11.9 Å². The third kappa shape index (κ3) is 3.66. The number of benzene rings is 1. The van der Waals surface area contributed by atoms with E-state index < -0.39 is 17.5 Å². The van der Waals surface area contributed by atoms with Crippen molar-refractivity contribution in [2.75, 3.05) is 12.3 Å². The van der Waals surface area contributed by atoms with Crippen molar-refractivity contribution in [2.24, 2.45) is 0 Å². The second-order valence-corrected chi connectivity index (χ2v) is 4.32. The highest BCUT2D eigenvalue weighted by Crippen LogP contribution is 2.34. The Morgan fingerprint density at radius 3 is 2.63 bits per heavy atom. The van der Waals surface area contributed by atoms with Crippen LogP contribution in [-0.2, 0) is 21.9 Å². The summed E-state index contributed by atoms with van der Waals surface area (Å²) >= 11 is 0. The van der Waals surface area contributed by atoms with E-state index in [2.05, 4.69) is 4.74 Å². The van der Waals surface area contributed by atoms with Gasteiger partial charge in [-0.25, -0.2) is 4.79 Å². The van der Waals surface area contributed by atoms with Crippen LogP contribution in [0.25, 0.3) is 0 Å². The Labute approximate surface area is 111 Å². The molecule has 0 saturated carbocycles. The number of nitrogen functional groups attached to an aromatic ring is 1. The molecule has 0 amide bonds. The van der Waals surface area contributed by atoms with Crippen LogP contribution in [-0.4, -0.2) is 12.6 Å². The smallest absolute Gasteiger partial charge is 0.382 e. The minimum Gasteiger partial charge on any atom is -0.461 e. The number of rotatable bonds is 6. The zero-order valence-corrected chi connectivity index (χ0v) is 11.2. The van der Waals surface area contributed by atoms with Gasteiger partial charge in [0.05, 0.1) is 12.2 Å². The van der Waals surface area contributed by atoms with Gasteiger partial charge in [-0.2, -0.15) is 8.78 Å². The first kappa shape index (κ1) is 15.4. The molecule has 0 spiro atoms. The number of carbonyl (C=O) groups is 1. The van der Waals surface area contributed by atoms with Gasteiger partial charge in [0.1, 0.15) is 0 Å². The fourth-order valence-electron chi connectivity index (χ4n) is 1.74. The maximum Gasteiger partial charge on any atom is 0.382 e. The molecule has 106 valence electrons. The molecule has 0 radical (unpaired) electrons. The highest BCUT2D eigenvalue weighted by molar-refractivity contribution is 5.81. The van der Waals surface area contributed by atoms with Crippen LogP contribution in [0, 0.1) is 0 Å². The first-order valence-electron chi connectivity index (χ1n) is 6.37. The van der Waals surface area contributed by atoms with E-state index >= 15 is 0 Å². The highest BCUT2D eigenvalue weighted by Gasteiger charge is 2.44. The van der Waals surface area contributed by atoms with Gasteiger partial charge in [0.2, 0.25) is 0 Å². The molecular weight excluding hydrogens is 252 g/mol. The van der Waals surface area contributed by atoms with E-state index in [-0.39, 0.29) is 12.3 Å². The van der Waals surface area contributed by atoms with Gasteiger partial charge in [-0.1, -0.05) is 19.4 Å². The predicted molar refractivity (Wildman–Crippen MR) is 70.0 cm³/mol. The van der Waals surface area contributed by atoms with Crippen LogP contribution in [0.15, 0.2) is 18.2 Å². The molecule has 0 saturated heterocycles. The number of carbonyl (C=O) groups excluding carboxylic acids is 1. The molecular formula is C14H19F2NO2. The highest BCUT2D eigenvalue weighted by atomic mass is 19.3. The summed E-state index contributed by atoms with van der Waals surface area (Å²) < 4.78 is 32.3. The molecule has 0 atom stereocenters. The van der Waals surface area contributed by atoms with E-state index in [0.29, 0.717) is 6.42 Å². The maximum atomic E-state index is 13.9. The number of hydrogen-bond acceptors (Lipinski definition) is 3. The summed E-state index contributed by atoms with van der Waals surface area (Å²) in [6.45, 7) is 3.41. The standard InChI is InChI=1S/C14H19F2NO2/c1-3-5-6-10-7-8-12(17)11(9-10)14(15,16)13(18)19-4-2/h7-9H,3-6,17H2,1-2H3. The third-order valence-electron chi connectivity index (χ3n) is 2.81. The quantitative estimate of drug-likeness (QED) is 0.638. The molecule has 0 bridgehead atoms. The summed E-state index contributed by atoms with van der Waals surface area (Å²) in [5, 5.41) is 0. The zero-order chi connectivity index (χ0) is 14.5. The number of halogens is 2. The molecule has 19 heavy (non-hydrogen) atoms. The summed E-state index contributed by atoms with van der Waals surface area (Å²) in [6.07, 6.45) is 2.55. The number of unbranched alkanes of at least 4 members (excludes halogenated alkanes) is 1. The van der Waals surface area contributed by atoms with Crippen molar-refractivity contribution in [1.29, 1.82) is 0 Å². The van der Waals surface area contributed by atoms with Crippen molar-refractivity contribution in [3.8, 4) is 0 Å². The van der Waals surface area contributed by atoms with Crippen LogP contribution < -0.4 is 5.73 Å². The molecule has 2 N–H and O–H groups in total.